The Morgan fingerprint density at radius 3 is 2.71 bits per heavy atom. The zero-order valence-electron chi connectivity index (χ0n) is 13.3. The van der Waals surface area contributed by atoms with Gasteiger partial charge in [0.05, 0.1) is 6.61 Å². The van der Waals surface area contributed by atoms with Gasteiger partial charge in [0.25, 0.3) is 0 Å². The van der Waals surface area contributed by atoms with Gasteiger partial charge in [0.15, 0.2) is 0 Å². The summed E-state index contributed by atoms with van der Waals surface area (Å²) in [5.74, 6) is 1.14. The fourth-order valence-corrected chi connectivity index (χ4v) is 4.60. The highest BCUT2D eigenvalue weighted by molar-refractivity contribution is 6.30. The molecule has 2 saturated heterocycles. The van der Waals surface area contributed by atoms with Crippen LogP contribution in [0.15, 0.2) is 24.3 Å². The molecule has 2 unspecified atom stereocenters. The molecule has 0 aromatic heterocycles. The van der Waals surface area contributed by atoms with Crippen LogP contribution in [-0.4, -0.2) is 36.7 Å². The third-order valence-corrected chi connectivity index (χ3v) is 6.20. The van der Waals surface area contributed by atoms with Crippen LogP contribution in [0.3, 0.4) is 0 Å². The Bertz CT molecular complexity index is 488. The number of rotatable bonds is 4. The maximum Gasteiger partial charge on any atom is 0.0517 e. The van der Waals surface area contributed by atoms with Gasteiger partial charge in [0.2, 0.25) is 0 Å². The van der Waals surface area contributed by atoms with E-state index in [1.807, 2.05) is 12.1 Å². The van der Waals surface area contributed by atoms with Gasteiger partial charge >= 0.3 is 0 Å². The van der Waals surface area contributed by atoms with Crippen molar-refractivity contribution in [3.05, 3.63) is 34.9 Å². The summed E-state index contributed by atoms with van der Waals surface area (Å²) in [6.07, 6.45) is 3.85. The molecule has 0 spiro atoms. The molecule has 1 aromatic rings. The molecule has 21 heavy (non-hydrogen) atoms. The number of piperidine rings is 1. The summed E-state index contributed by atoms with van der Waals surface area (Å²) >= 11 is 6.06. The fourth-order valence-electron chi connectivity index (χ4n) is 4.48. The topological polar surface area (TPSA) is 12.5 Å². The van der Waals surface area contributed by atoms with E-state index in [1.54, 1.807) is 0 Å². The summed E-state index contributed by atoms with van der Waals surface area (Å²) in [6, 6.07) is 9.18. The molecule has 0 aliphatic carbocycles. The van der Waals surface area contributed by atoms with Crippen molar-refractivity contribution in [3.8, 4) is 0 Å². The highest BCUT2D eigenvalue weighted by Gasteiger charge is 2.53. The Labute approximate surface area is 133 Å². The predicted octanol–water partition coefficient (Wildman–Crippen LogP) is 4.33. The van der Waals surface area contributed by atoms with Crippen LogP contribution in [0.25, 0.3) is 0 Å². The van der Waals surface area contributed by atoms with Crippen molar-refractivity contribution < 1.29 is 4.74 Å². The van der Waals surface area contributed by atoms with Gasteiger partial charge in [-0.25, -0.2) is 0 Å². The van der Waals surface area contributed by atoms with E-state index in [-0.39, 0.29) is 5.54 Å². The first-order valence-corrected chi connectivity index (χ1v) is 8.50. The second-order valence-corrected chi connectivity index (χ2v) is 7.26. The number of nitrogens with zero attached hydrogens (tertiary/aromatic N) is 1. The first-order valence-electron chi connectivity index (χ1n) is 8.12. The van der Waals surface area contributed by atoms with Gasteiger partial charge in [-0.05, 0) is 63.8 Å². The monoisotopic (exact) mass is 307 g/mol. The molecule has 2 aliphatic rings. The second kappa shape index (κ2) is 5.91. The quantitative estimate of drug-likeness (QED) is 0.821. The molecule has 3 heteroatoms. The van der Waals surface area contributed by atoms with Gasteiger partial charge in [0.1, 0.15) is 0 Å². The average Bonchev–Trinajstić information content (AvgIpc) is 2.68. The number of hydrogen-bond acceptors (Lipinski definition) is 2. The van der Waals surface area contributed by atoms with Crippen LogP contribution in [0.4, 0.5) is 0 Å². The van der Waals surface area contributed by atoms with Gasteiger partial charge in [0, 0.05) is 29.1 Å². The summed E-state index contributed by atoms with van der Waals surface area (Å²) in [4.78, 5) is 2.61. The summed E-state index contributed by atoms with van der Waals surface area (Å²) in [5.41, 5.74) is 1.69. The first-order chi connectivity index (χ1) is 10.1. The Balaban J connectivity index is 1.92. The van der Waals surface area contributed by atoms with Crippen molar-refractivity contribution in [2.24, 2.45) is 5.92 Å². The Morgan fingerprint density at radius 1 is 1.33 bits per heavy atom. The van der Waals surface area contributed by atoms with E-state index in [2.05, 4.69) is 37.9 Å². The Hall–Kier alpha value is -0.570. The minimum absolute atomic E-state index is 0.266. The SMILES string of the molecule is CCOCC1C(c2ccc(Cl)cc2)C[C@@H]2CC[C@@]1(C)N2C. The lowest BCUT2D eigenvalue weighted by molar-refractivity contribution is -0.0258. The lowest BCUT2D eigenvalue weighted by Crippen LogP contribution is -2.55. The molecule has 3 rings (SSSR count). The Kier molecular flexibility index (Phi) is 4.31. The maximum atomic E-state index is 6.06. The van der Waals surface area contributed by atoms with Crippen LogP contribution >= 0.6 is 11.6 Å². The number of hydrogen-bond donors (Lipinski definition) is 0. The molecule has 2 fully saturated rings. The standard InChI is InChI=1S/C18H26ClNO/c1-4-21-12-17-16(13-5-7-14(19)8-6-13)11-15-9-10-18(17,2)20(15)3/h5-8,15-17H,4,9-12H2,1-3H3/t15-,16?,17?,18+/m0/s1. The molecule has 0 radical (unpaired) electrons. The molecule has 116 valence electrons. The molecular weight excluding hydrogens is 282 g/mol. The number of benzene rings is 1. The molecular formula is C18H26ClNO. The molecule has 2 heterocycles. The van der Waals surface area contributed by atoms with Crippen LogP contribution in [0.5, 0.6) is 0 Å². The zero-order valence-corrected chi connectivity index (χ0v) is 14.1. The second-order valence-electron chi connectivity index (χ2n) is 6.82. The van der Waals surface area contributed by atoms with Gasteiger partial charge in [-0.3, -0.25) is 4.90 Å². The van der Waals surface area contributed by atoms with E-state index in [0.29, 0.717) is 17.9 Å². The zero-order chi connectivity index (χ0) is 15.0. The van der Waals surface area contributed by atoms with E-state index >= 15 is 0 Å². The molecule has 2 nitrogen and oxygen atoms in total. The molecule has 4 atom stereocenters. The van der Waals surface area contributed by atoms with E-state index in [9.17, 15) is 0 Å². The van der Waals surface area contributed by atoms with Crippen molar-refractivity contribution in [2.75, 3.05) is 20.3 Å². The van der Waals surface area contributed by atoms with Crippen LogP contribution in [-0.2, 0) is 4.74 Å². The van der Waals surface area contributed by atoms with Gasteiger partial charge in [-0.1, -0.05) is 23.7 Å². The van der Waals surface area contributed by atoms with E-state index < -0.39 is 0 Å². The molecule has 2 aliphatic heterocycles. The maximum absolute atomic E-state index is 6.06. The van der Waals surface area contributed by atoms with Gasteiger partial charge in [-0.2, -0.15) is 0 Å². The van der Waals surface area contributed by atoms with Crippen molar-refractivity contribution in [3.63, 3.8) is 0 Å². The molecule has 0 N–H and O–H groups in total. The highest BCUT2D eigenvalue weighted by atomic mass is 35.5. The van der Waals surface area contributed by atoms with Crippen LogP contribution < -0.4 is 0 Å². The van der Waals surface area contributed by atoms with Crippen LogP contribution in [0.1, 0.15) is 44.6 Å². The summed E-state index contributed by atoms with van der Waals surface area (Å²) in [6.45, 7) is 6.17. The van der Waals surface area contributed by atoms with Gasteiger partial charge < -0.3 is 4.74 Å². The van der Waals surface area contributed by atoms with E-state index in [0.717, 1.165) is 18.2 Å². The lowest BCUT2D eigenvalue weighted by atomic mass is 9.70. The molecule has 1 aromatic carbocycles. The van der Waals surface area contributed by atoms with E-state index in [1.165, 1.54) is 24.8 Å². The minimum Gasteiger partial charge on any atom is -0.381 e. The smallest absolute Gasteiger partial charge is 0.0517 e. The largest absolute Gasteiger partial charge is 0.381 e. The van der Waals surface area contributed by atoms with Crippen molar-refractivity contribution in [2.45, 2.75) is 50.6 Å². The van der Waals surface area contributed by atoms with Crippen molar-refractivity contribution >= 4 is 11.6 Å². The molecule has 2 bridgehead atoms. The van der Waals surface area contributed by atoms with Crippen molar-refractivity contribution in [1.82, 2.24) is 4.90 Å². The summed E-state index contributed by atoms with van der Waals surface area (Å²) in [5, 5.41) is 0.821. The number of halogens is 1. The normalized spacial score (nSPS) is 36.1. The van der Waals surface area contributed by atoms with E-state index in [4.69, 9.17) is 16.3 Å². The van der Waals surface area contributed by atoms with Gasteiger partial charge in [-0.15, -0.1) is 0 Å². The fraction of sp³-hybridized carbons (Fsp3) is 0.667. The molecule has 0 amide bonds. The number of ether oxygens (including phenoxy) is 1. The Morgan fingerprint density at radius 2 is 2.05 bits per heavy atom. The minimum atomic E-state index is 0.266. The van der Waals surface area contributed by atoms with Crippen LogP contribution in [0, 0.1) is 5.92 Å². The third-order valence-electron chi connectivity index (χ3n) is 5.95. The lowest BCUT2D eigenvalue weighted by Gasteiger charge is -2.50. The number of fused-ring (bicyclic) bond motifs is 2. The summed E-state index contributed by atoms with van der Waals surface area (Å²) in [7, 11) is 2.30. The van der Waals surface area contributed by atoms with Crippen molar-refractivity contribution in [1.29, 1.82) is 0 Å². The molecule has 0 saturated carbocycles. The third kappa shape index (κ3) is 2.62. The highest BCUT2D eigenvalue weighted by Crippen LogP contribution is 2.52. The summed E-state index contributed by atoms with van der Waals surface area (Å²) < 4.78 is 5.86. The first kappa shape index (κ1) is 15.3. The average molecular weight is 308 g/mol. The predicted molar refractivity (Wildman–Crippen MR) is 88.0 cm³/mol. The van der Waals surface area contributed by atoms with Crippen LogP contribution in [0.2, 0.25) is 5.02 Å².